The lowest BCUT2D eigenvalue weighted by Gasteiger charge is -2.21. The Hall–Kier alpha value is -6.27. The molecule has 0 aliphatic carbocycles. The van der Waals surface area contributed by atoms with E-state index in [4.69, 9.17) is 21.2 Å². The molecule has 2 heterocycles. The van der Waals surface area contributed by atoms with E-state index in [1.807, 2.05) is 60.7 Å². The standard InChI is InChI=1S/C45H34N4O/c46-42(32-23-21-30(22-24-32)35-18-10-15-29-11-4-6-16-34(29)35)43(33-13-2-1-3-14-33)48-45(47)49-39-19-8-7-17-36(39)37-27-28-41-38(44(37)49)26-25-31-12-5-9-20-40(31)50-41/h1-28,42,45H,46-47H2/b48-43-/t42-,45?/m1/s1. The molecule has 1 unspecified atom stereocenters. The summed E-state index contributed by atoms with van der Waals surface area (Å²) in [5.41, 5.74) is 23.2. The van der Waals surface area contributed by atoms with Crippen LogP contribution in [-0.2, 0) is 0 Å². The van der Waals surface area contributed by atoms with Crippen LogP contribution in [0.5, 0.6) is 11.5 Å². The van der Waals surface area contributed by atoms with E-state index in [1.54, 1.807) is 0 Å². The van der Waals surface area contributed by atoms with Gasteiger partial charge < -0.3 is 15.0 Å². The first kappa shape index (κ1) is 29.8. The number of aromatic nitrogens is 1. The van der Waals surface area contributed by atoms with E-state index >= 15 is 0 Å². The second-order valence-corrected chi connectivity index (χ2v) is 12.7. The zero-order chi connectivity index (χ0) is 33.6. The number of fused-ring (bicyclic) bond motifs is 7. The molecule has 1 aromatic heterocycles. The van der Waals surface area contributed by atoms with Crippen molar-refractivity contribution in [1.29, 1.82) is 0 Å². The van der Waals surface area contributed by atoms with E-state index in [0.717, 1.165) is 61.1 Å². The van der Waals surface area contributed by atoms with Gasteiger partial charge >= 0.3 is 0 Å². The molecule has 0 bridgehead atoms. The van der Waals surface area contributed by atoms with Crippen molar-refractivity contribution in [2.45, 2.75) is 12.3 Å². The van der Waals surface area contributed by atoms with E-state index in [2.05, 4.69) is 114 Å². The molecule has 0 saturated carbocycles. The predicted octanol–water partition coefficient (Wildman–Crippen LogP) is 10.5. The summed E-state index contributed by atoms with van der Waals surface area (Å²) in [7, 11) is 0. The van der Waals surface area contributed by atoms with E-state index < -0.39 is 12.3 Å². The van der Waals surface area contributed by atoms with Gasteiger partial charge in [-0.15, -0.1) is 0 Å². The summed E-state index contributed by atoms with van der Waals surface area (Å²) in [6.45, 7) is 0. The third-order valence-electron chi connectivity index (χ3n) is 9.71. The van der Waals surface area contributed by atoms with Gasteiger partial charge in [0.1, 0.15) is 11.5 Å². The van der Waals surface area contributed by atoms with Gasteiger partial charge in [-0.05, 0) is 63.4 Å². The zero-order valence-corrected chi connectivity index (χ0v) is 27.3. The van der Waals surface area contributed by atoms with Crippen LogP contribution in [0.2, 0.25) is 0 Å². The fraction of sp³-hybridized carbons (Fsp3) is 0.0444. The Morgan fingerprint density at radius 1 is 0.580 bits per heavy atom. The van der Waals surface area contributed by atoms with E-state index in [-0.39, 0.29) is 0 Å². The summed E-state index contributed by atoms with van der Waals surface area (Å²) in [5, 5.41) is 4.61. The number of nitrogens with two attached hydrogens (primary N) is 2. The molecule has 50 heavy (non-hydrogen) atoms. The molecule has 1 aliphatic heterocycles. The lowest BCUT2D eigenvalue weighted by molar-refractivity contribution is 0.481. The van der Waals surface area contributed by atoms with Crippen molar-refractivity contribution in [3.63, 3.8) is 0 Å². The Balaban J connectivity index is 1.17. The second-order valence-electron chi connectivity index (χ2n) is 12.7. The number of aliphatic imine (C=N–C) groups is 1. The van der Waals surface area contributed by atoms with E-state index in [9.17, 15) is 0 Å². The minimum Gasteiger partial charge on any atom is -0.456 e. The third-order valence-corrected chi connectivity index (χ3v) is 9.71. The van der Waals surface area contributed by atoms with Crippen molar-refractivity contribution in [2.75, 3.05) is 0 Å². The van der Waals surface area contributed by atoms with Crippen molar-refractivity contribution < 1.29 is 4.74 Å². The summed E-state index contributed by atoms with van der Waals surface area (Å²) >= 11 is 0. The molecule has 0 radical (unpaired) electrons. The Kier molecular flexibility index (Phi) is 7.35. The van der Waals surface area contributed by atoms with E-state index in [1.165, 1.54) is 16.3 Å². The minimum atomic E-state index is -0.779. The van der Waals surface area contributed by atoms with Gasteiger partial charge in [0.05, 0.1) is 22.8 Å². The zero-order valence-electron chi connectivity index (χ0n) is 27.3. The van der Waals surface area contributed by atoms with Gasteiger partial charge in [-0.3, -0.25) is 5.73 Å². The highest BCUT2D eigenvalue weighted by Crippen LogP contribution is 2.42. The number of hydrogen-bond donors (Lipinski definition) is 2. The average molecular weight is 647 g/mol. The molecule has 9 rings (SSSR count). The number of para-hydroxylation sites is 2. The van der Waals surface area contributed by atoms with Crippen LogP contribution < -0.4 is 16.2 Å². The number of benzene rings is 7. The molecule has 8 aromatic rings. The molecule has 1 aliphatic rings. The van der Waals surface area contributed by atoms with Crippen LogP contribution in [0.1, 0.15) is 34.6 Å². The van der Waals surface area contributed by atoms with Crippen LogP contribution in [0.3, 0.4) is 0 Å². The Labute approximate surface area is 290 Å². The molecule has 0 amide bonds. The summed E-state index contributed by atoms with van der Waals surface area (Å²) in [6.07, 6.45) is 3.44. The Morgan fingerprint density at radius 3 is 2.16 bits per heavy atom. The molecular weight excluding hydrogens is 613 g/mol. The van der Waals surface area contributed by atoms with Crippen LogP contribution >= 0.6 is 0 Å². The topological polar surface area (TPSA) is 78.6 Å². The Bertz CT molecular complexity index is 2590. The maximum atomic E-state index is 7.19. The first-order valence-corrected chi connectivity index (χ1v) is 16.9. The minimum absolute atomic E-state index is 0.520. The van der Waals surface area contributed by atoms with Crippen LogP contribution in [0, 0.1) is 0 Å². The quantitative estimate of drug-likeness (QED) is 0.177. The van der Waals surface area contributed by atoms with Gasteiger partial charge in [-0.25, -0.2) is 4.99 Å². The van der Waals surface area contributed by atoms with Gasteiger partial charge in [0.25, 0.3) is 0 Å². The van der Waals surface area contributed by atoms with Crippen molar-refractivity contribution in [1.82, 2.24) is 4.57 Å². The van der Waals surface area contributed by atoms with Crippen LogP contribution in [0.4, 0.5) is 0 Å². The SMILES string of the molecule is NC(/N=C(/c1ccccc1)[C@H](N)c1ccc(-c2cccc3ccccc23)cc1)n1c2ccccc2c2ccc3c(c21)C=Cc1ccccc1O3. The molecule has 0 fully saturated rings. The highest BCUT2D eigenvalue weighted by atomic mass is 16.5. The van der Waals surface area contributed by atoms with Crippen LogP contribution in [0.15, 0.2) is 163 Å². The summed E-state index contributed by atoms with van der Waals surface area (Å²) in [6, 6.07) is 53.5. The average Bonchev–Trinajstić information content (AvgIpc) is 3.39. The lowest BCUT2D eigenvalue weighted by atomic mass is 9.93. The smallest absolute Gasteiger partial charge is 0.178 e. The molecule has 7 aromatic carbocycles. The van der Waals surface area contributed by atoms with Gasteiger partial charge in [0.15, 0.2) is 6.29 Å². The molecule has 0 spiro atoms. The summed E-state index contributed by atoms with van der Waals surface area (Å²) in [5.74, 6) is 1.58. The summed E-state index contributed by atoms with van der Waals surface area (Å²) in [4.78, 5) is 5.27. The van der Waals surface area contributed by atoms with Gasteiger partial charge in [0.2, 0.25) is 0 Å². The highest BCUT2D eigenvalue weighted by molar-refractivity contribution is 6.12. The number of rotatable bonds is 6. The van der Waals surface area contributed by atoms with Crippen molar-refractivity contribution in [2.24, 2.45) is 16.5 Å². The maximum absolute atomic E-state index is 7.19. The summed E-state index contributed by atoms with van der Waals surface area (Å²) < 4.78 is 8.60. The van der Waals surface area contributed by atoms with Crippen molar-refractivity contribution in [3.8, 4) is 22.6 Å². The number of hydrogen-bond acceptors (Lipinski definition) is 4. The Morgan fingerprint density at radius 2 is 1.30 bits per heavy atom. The second kappa shape index (κ2) is 12.3. The molecule has 5 heteroatoms. The van der Waals surface area contributed by atoms with Crippen LogP contribution in [0.25, 0.3) is 55.9 Å². The first-order valence-electron chi connectivity index (χ1n) is 16.9. The highest BCUT2D eigenvalue weighted by Gasteiger charge is 2.24. The lowest BCUT2D eigenvalue weighted by Crippen LogP contribution is -2.26. The predicted molar refractivity (Wildman–Crippen MR) is 207 cm³/mol. The van der Waals surface area contributed by atoms with E-state index in [0.29, 0.717) is 5.71 Å². The molecule has 4 N–H and O–H groups in total. The van der Waals surface area contributed by atoms with Gasteiger partial charge in [-0.1, -0.05) is 140 Å². The van der Waals surface area contributed by atoms with Gasteiger partial charge in [0, 0.05) is 21.9 Å². The molecular formula is C45H34N4O. The molecule has 2 atom stereocenters. The fourth-order valence-electron chi connectivity index (χ4n) is 7.27. The molecule has 5 nitrogen and oxygen atoms in total. The monoisotopic (exact) mass is 646 g/mol. The molecule has 240 valence electrons. The first-order chi connectivity index (χ1) is 24.6. The normalized spacial score (nSPS) is 13.8. The van der Waals surface area contributed by atoms with Gasteiger partial charge in [-0.2, -0.15) is 0 Å². The third kappa shape index (κ3) is 5.08. The van der Waals surface area contributed by atoms with Crippen LogP contribution in [-0.4, -0.2) is 10.3 Å². The van der Waals surface area contributed by atoms with Crippen molar-refractivity contribution in [3.05, 3.63) is 180 Å². The largest absolute Gasteiger partial charge is 0.456 e. The number of ether oxygens (including phenoxy) is 1. The molecule has 0 saturated heterocycles. The number of nitrogens with zero attached hydrogens (tertiary/aromatic N) is 2. The maximum Gasteiger partial charge on any atom is 0.178 e. The fourth-order valence-corrected chi connectivity index (χ4v) is 7.27. The van der Waals surface area contributed by atoms with Crippen molar-refractivity contribution >= 4 is 50.4 Å².